The molecule has 0 saturated carbocycles. The van der Waals surface area contributed by atoms with Crippen molar-refractivity contribution in [2.45, 2.75) is 19.6 Å². The van der Waals surface area contributed by atoms with Crippen LogP contribution in [0.5, 0.6) is 0 Å². The summed E-state index contributed by atoms with van der Waals surface area (Å²) in [5.41, 5.74) is 2.47. The zero-order chi connectivity index (χ0) is 17.3. The molecule has 1 aromatic carbocycles. The second-order valence-electron chi connectivity index (χ2n) is 5.59. The van der Waals surface area contributed by atoms with Gasteiger partial charge in [-0.05, 0) is 23.3 Å². The average Bonchev–Trinajstić information content (AvgIpc) is 3.33. The van der Waals surface area contributed by atoms with Gasteiger partial charge in [-0.1, -0.05) is 24.3 Å². The molecule has 130 valence electrons. The zero-order valence-corrected chi connectivity index (χ0v) is 14.3. The van der Waals surface area contributed by atoms with Crippen LogP contribution in [-0.2, 0) is 19.6 Å². The Morgan fingerprint density at radius 3 is 2.36 bits per heavy atom. The predicted octanol–water partition coefficient (Wildman–Crippen LogP) is 1.49. The van der Waals surface area contributed by atoms with Crippen LogP contribution in [0, 0.1) is 0 Å². The van der Waals surface area contributed by atoms with Gasteiger partial charge in [0, 0.05) is 44.9 Å². The molecule has 0 bridgehead atoms. The molecule has 0 spiro atoms. The second-order valence-corrected chi connectivity index (χ2v) is 5.59. The monoisotopic (exact) mass is 337 g/mol. The van der Waals surface area contributed by atoms with E-state index in [0.29, 0.717) is 6.54 Å². The van der Waals surface area contributed by atoms with Crippen molar-refractivity contribution in [3.63, 3.8) is 0 Å². The van der Waals surface area contributed by atoms with E-state index in [9.17, 15) is 0 Å². The number of benzene rings is 1. The molecule has 0 unspecified atom stereocenters. The van der Waals surface area contributed by atoms with Gasteiger partial charge in [-0.25, -0.2) is 0 Å². The summed E-state index contributed by atoms with van der Waals surface area (Å²) < 4.78 is 3.82. The van der Waals surface area contributed by atoms with Crippen LogP contribution >= 0.6 is 0 Å². The van der Waals surface area contributed by atoms with E-state index >= 15 is 0 Å². The summed E-state index contributed by atoms with van der Waals surface area (Å²) in [4.78, 5) is 4.27. The van der Waals surface area contributed by atoms with Gasteiger partial charge in [0.1, 0.15) is 0 Å². The lowest BCUT2D eigenvalue weighted by Crippen LogP contribution is -2.38. The SMILES string of the molecule is CN=C(NCCn1cccn1)NCc1ccccc1Cn1cccn1. The molecule has 0 amide bonds. The van der Waals surface area contributed by atoms with Crippen molar-refractivity contribution in [3.05, 3.63) is 72.3 Å². The zero-order valence-electron chi connectivity index (χ0n) is 14.3. The topological polar surface area (TPSA) is 72.1 Å². The van der Waals surface area contributed by atoms with Gasteiger partial charge in [0.25, 0.3) is 0 Å². The Bertz CT molecular complexity index is 776. The van der Waals surface area contributed by atoms with Crippen LogP contribution in [0.3, 0.4) is 0 Å². The van der Waals surface area contributed by atoms with Crippen LogP contribution in [0.25, 0.3) is 0 Å². The van der Waals surface area contributed by atoms with Crippen molar-refractivity contribution in [2.24, 2.45) is 4.99 Å². The fourth-order valence-electron chi connectivity index (χ4n) is 2.57. The van der Waals surface area contributed by atoms with E-state index in [1.807, 2.05) is 33.9 Å². The molecular formula is C18H23N7. The van der Waals surface area contributed by atoms with Crippen molar-refractivity contribution in [1.29, 1.82) is 0 Å². The molecule has 7 nitrogen and oxygen atoms in total. The molecule has 2 aromatic heterocycles. The molecule has 3 rings (SSSR count). The number of hydrogen-bond donors (Lipinski definition) is 2. The second kappa shape index (κ2) is 8.68. The number of guanidine groups is 1. The van der Waals surface area contributed by atoms with Gasteiger partial charge in [0.15, 0.2) is 5.96 Å². The smallest absolute Gasteiger partial charge is 0.191 e. The van der Waals surface area contributed by atoms with Gasteiger partial charge in [-0.3, -0.25) is 14.4 Å². The van der Waals surface area contributed by atoms with Crippen LogP contribution in [0.1, 0.15) is 11.1 Å². The van der Waals surface area contributed by atoms with E-state index in [1.54, 1.807) is 19.4 Å². The highest BCUT2D eigenvalue weighted by Crippen LogP contribution is 2.10. The van der Waals surface area contributed by atoms with E-state index in [2.05, 4.69) is 50.1 Å². The quantitative estimate of drug-likeness (QED) is 0.506. The highest BCUT2D eigenvalue weighted by atomic mass is 15.3. The fourth-order valence-corrected chi connectivity index (χ4v) is 2.57. The third kappa shape index (κ3) is 4.94. The number of aromatic nitrogens is 4. The van der Waals surface area contributed by atoms with E-state index in [0.717, 1.165) is 25.6 Å². The van der Waals surface area contributed by atoms with Crippen LogP contribution in [0.4, 0.5) is 0 Å². The number of nitrogens with zero attached hydrogens (tertiary/aromatic N) is 5. The molecule has 0 aliphatic heterocycles. The molecule has 0 atom stereocenters. The van der Waals surface area contributed by atoms with E-state index in [-0.39, 0.29) is 0 Å². The summed E-state index contributed by atoms with van der Waals surface area (Å²) in [7, 11) is 1.78. The number of nitrogens with one attached hydrogen (secondary N) is 2. The van der Waals surface area contributed by atoms with Crippen molar-refractivity contribution in [3.8, 4) is 0 Å². The van der Waals surface area contributed by atoms with E-state index in [4.69, 9.17) is 0 Å². The van der Waals surface area contributed by atoms with Crippen LogP contribution in [0.2, 0.25) is 0 Å². The van der Waals surface area contributed by atoms with E-state index in [1.165, 1.54) is 11.1 Å². The lowest BCUT2D eigenvalue weighted by atomic mass is 10.1. The van der Waals surface area contributed by atoms with E-state index < -0.39 is 0 Å². The molecule has 25 heavy (non-hydrogen) atoms. The maximum absolute atomic E-state index is 4.28. The Kier molecular flexibility index (Phi) is 5.82. The maximum Gasteiger partial charge on any atom is 0.191 e. The average molecular weight is 337 g/mol. The molecule has 0 fully saturated rings. The first kappa shape index (κ1) is 16.8. The minimum atomic E-state index is 0.707. The molecule has 0 aliphatic carbocycles. The first-order chi connectivity index (χ1) is 12.3. The van der Waals surface area contributed by atoms with Gasteiger partial charge in [-0.15, -0.1) is 0 Å². The van der Waals surface area contributed by atoms with Crippen LogP contribution in [-0.4, -0.2) is 39.1 Å². The molecule has 0 saturated heterocycles. The molecule has 2 N–H and O–H groups in total. The standard InChI is InChI=1S/C18H23N7/c1-19-18(20-10-13-24-11-4-8-22-24)21-14-16-6-2-3-7-17(16)15-25-12-5-9-23-25/h2-9,11-12H,10,13-15H2,1H3,(H2,19,20,21). The Hall–Kier alpha value is -3.09. The summed E-state index contributed by atoms with van der Waals surface area (Å²) in [5, 5.41) is 15.1. The van der Waals surface area contributed by atoms with Crippen LogP contribution in [0.15, 0.2) is 66.2 Å². The molecule has 2 heterocycles. The number of hydrogen-bond acceptors (Lipinski definition) is 3. The van der Waals surface area contributed by atoms with Gasteiger partial charge >= 0.3 is 0 Å². The van der Waals surface area contributed by atoms with Gasteiger partial charge in [-0.2, -0.15) is 10.2 Å². The summed E-state index contributed by atoms with van der Waals surface area (Å²) in [5.74, 6) is 0.779. The lowest BCUT2D eigenvalue weighted by molar-refractivity contribution is 0.597. The minimum Gasteiger partial charge on any atom is -0.355 e. The highest BCUT2D eigenvalue weighted by Gasteiger charge is 2.04. The van der Waals surface area contributed by atoms with Crippen molar-refractivity contribution >= 4 is 5.96 Å². The van der Waals surface area contributed by atoms with Gasteiger partial charge in [0.05, 0.1) is 13.1 Å². The summed E-state index contributed by atoms with van der Waals surface area (Å²) >= 11 is 0. The van der Waals surface area contributed by atoms with Crippen molar-refractivity contribution in [1.82, 2.24) is 30.2 Å². The normalized spacial score (nSPS) is 11.5. The Morgan fingerprint density at radius 1 is 0.960 bits per heavy atom. The summed E-state index contributed by atoms with van der Waals surface area (Å²) in [6.07, 6.45) is 7.50. The Labute approximate surface area is 147 Å². The summed E-state index contributed by atoms with van der Waals surface area (Å²) in [6, 6.07) is 12.2. The predicted molar refractivity (Wildman–Crippen MR) is 98.2 cm³/mol. The maximum atomic E-state index is 4.28. The molecule has 7 heteroatoms. The Balaban J connectivity index is 1.53. The lowest BCUT2D eigenvalue weighted by Gasteiger charge is -2.14. The van der Waals surface area contributed by atoms with Crippen LogP contribution < -0.4 is 10.6 Å². The first-order valence-electron chi connectivity index (χ1n) is 8.31. The third-order valence-electron chi connectivity index (χ3n) is 3.87. The minimum absolute atomic E-state index is 0.707. The molecule has 0 radical (unpaired) electrons. The molecular weight excluding hydrogens is 314 g/mol. The first-order valence-corrected chi connectivity index (χ1v) is 8.31. The van der Waals surface area contributed by atoms with Crippen molar-refractivity contribution < 1.29 is 0 Å². The number of rotatable bonds is 7. The van der Waals surface area contributed by atoms with Crippen molar-refractivity contribution in [2.75, 3.05) is 13.6 Å². The van der Waals surface area contributed by atoms with Gasteiger partial charge in [0.2, 0.25) is 0 Å². The Morgan fingerprint density at radius 2 is 1.68 bits per heavy atom. The largest absolute Gasteiger partial charge is 0.355 e. The van der Waals surface area contributed by atoms with Gasteiger partial charge < -0.3 is 10.6 Å². The number of aliphatic imine (C=N–C) groups is 1. The molecule has 0 aliphatic rings. The fraction of sp³-hybridized carbons (Fsp3) is 0.278. The molecule has 3 aromatic rings. The third-order valence-corrected chi connectivity index (χ3v) is 3.87. The highest BCUT2D eigenvalue weighted by molar-refractivity contribution is 5.79. The summed E-state index contributed by atoms with van der Waals surface area (Å²) in [6.45, 7) is 3.02.